The van der Waals surface area contributed by atoms with Gasteiger partial charge in [-0.3, -0.25) is 0 Å². The number of carboxylic acid groups (broad SMARTS) is 1. The zero-order chi connectivity index (χ0) is 14.1. The summed E-state index contributed by atoms with van der Waals surface area (Å²) in [5.74, 6) is -0.981. The molecule has 0 aromatic heterocycles. The third kappa shape index (κ3) is 2.24. The van der Waals surface area contributed by atoms with Crippen molar-refractivity contribution in [3.63, 3.8) is 0 Å². The van der Waals surface area contributed by atoms with Gasteiger partial charge < -0.3 is 9.84 Å². The fraction of sp³-hybridized carbons (Fsp3) is 0.118. The van der Waals surface area contributed by atoms with Crippen LogP contribution in [-0.2, 0) is 9.53 Å². The molecule has 0 amide bonds. The Kier molecular flexibility index (Phi) is 3.12. The molecule has 2 unspecified atom stereocenters. The van der Waals surface area contributed by atoms with Gasteiger partial charge in [-0.15, -0.1) is 0 Å². The third-order valence-corrected chi connectivity index (χ3v) is 3.46. The Morgan fingerprint density at radius 2 is 2.00 bits per heavy atom. The summed E-state index contributed by atoms with van der Waals surface area (Å²) in [6, 6.07) is 12.9. The molecular formula is C17H14O3. The van der Waals surface area contributed by atoms with Crippen molar-refractivity contribution in [1.82, 2.24) is 0 Å². The van der Waals surface area contributed by atoms with E-state index in [1.807, 2.05) is 0 Å². The number of carboxylic acids is 1. The maximum absolute atomic E-state index is 9.25. The molecule has 1 aliphatic heterocycles. The largest absolute Gasteiger partial charge is 0.478 e. The lowest BCUT2D eigenvalue weighted by Gasteiger charge is -2.10. The fourth-order valence-corrected chi connectivity index (χ4v) is 2.46. The molecule has 0 bridgehead atoms. The second kappa shape index (κ2) is 4.94. The molecule has 2 aromatic carbocycles. The predicted molar refractivity (Wildman–Crippen MR) is 78.4 cm³/mol. The standard InChI is InChI=1S/C14H10O.C3H4O2/c1-2-4-10-9(3-1)5-6-12-11(10)7-8-13-14(12)15-13;1-2-3(4)5/h1-8,13-14H;2H,1H2,(H,4,5). The summed E-state index contributed by atoms with van der Waals surface area (Å²) in [7, 11) is 0. The van der Waals surface area contributed by atoms with Gasteiger partial charge in [0.15, 0.2) is 0 Å². The number of benzene rings is 2. The molecule has 2 aliphatic rings. The smallest absolute Gasteiger partial charge is 0.327 e. The fourth-order valence-electron chi connectivity index (χ4n) is 2.46. The molecule has 3 nitrogen and oxygen atoms in total. The highest BCUT2D eigenvalue weighted by molar-refractivity contribution is 5.93. The average molecular weight is 266 g/mol. The van der Waals surface area contributed by atoms with E-state index in [9.17, 15) is 4.79 Å². The SMILES string of the molecule is C1=CC2OC2c2ccc3ccccc3c21.C=CC(=O)O. The van der Waals surface area contributed by atoms with Gasteiger partial charge in [0, 0.05) is 6.08 Å². The first-order chi connectivity index (χ1) is 9.70. The van der Waals surface area contributed by atoms with E-state index >= 15 is 0 Å². The van der Waals surface area contributed by atoms with E-state index in [0.717, 1.165) is 6.08 Å². The van der Waals surface area contributed by atoms with Crippen molar-refractivity contribution in [2.45, 2.75) is 12.2 Å². The van der Waals surface area contributed by atoms with Crippen LogP contribution in [0.15, 0.2) is 55.1 Å². The minimum atomic E-state index is -0.981. The van der Waals surface area contributed by atoms with Gasteiger partial charge in [-0.05, 0) is 21.9 Å². The summed E-state index contributed by atoms with van der Waals surface area (Å²) in [4.78, 5) is 9.25. The van der Waals surface area contributed by atoms with Crippen molar-refractivity contribution >= 4 is 22.8 Å². The molecule has 3 heteroatoms. The lowest BCUT2D eigenvalue weighted by Crippen LogP contribution is -1.95. The van der Waals surface area contributed by atoms with Crippen molar-refractivity contribution in [3.05, 3.63) is 66.3 Å². The maximum Gasteiger partial charge on any atom is 0.327 e. The molecule has 4 rings (SSSR count). The quantitative estimate of drug-likeness (QED) is 0.634. The molecule has 20 heavy (non-hydrogen) atoms. The summed E-state index contributed by atoms with van der Waals surface area (Å²) in [5, 5.41) is 10.2. The topological polar surface area (TPSA) is 49.8 Å². The van der Waals surface area contributed by atoms with E-state index in [2.05, 4.69) is 55.1 Å². The Hall–Kier alpha value is -2.39. The van der Waals surface area contributed by atoms with Gasteiger partial charge in [0.1, 0.15) is 12.2 Å². The van der Waals surface area contributed by atoms with E-state index in [-0.39, 0.29) is 0 Å². The van der Waals surface area contributed by atoms with Gasteiger partial charge in [0.2, 0.25) is 0 Å². The second-order valence-corrected chi connectivity index (χ2v) is 4.71. The highest BCUT2D eigenvalue weighted by atomic mass is 16.6. The summed E-state index contributed by atoms with van der Waals surface area (Å²) < 4.78 is 5.57. The number of ether oxygens (including phenoxy) is 1. The molecule has 1 fully saturated rings. The molecule has 1 N–H and O–H groups in total. The number of epoxide rings is 1. The van der Waals surface area contributed by atoms with Crippen LogP contribution in [0.3, 0.4) is 0 Å². The van der Waals surface area contributed by atoms with Crippen LogP contribution in [0.4, 0.5) is 0 Å². The first-order valence-corrected chi connectivity index (χ1v) is 6.41. The van der Waals surface area contributed by atoms with Gasteiger partial charge in [0.05, 0.1) is 0 Å². The van der Waals surface area contributed by atoms with Crippen molar-refractivity contribution in [2.24, 2.45) is 0 Å². The van der Waals surface area contributed by atoms with Crippen LogP contribution in [0.5, 0.6) is 0 Å². The lowest BCUT2D eigenvalue weighted by atomic mass is 9.92. The first kappa shape index (κ1) is 12.6. The molecule has 0 radical (unpaired) electrons. The number of rotatable bonds is 1. The molecule has 1 heterocycles. The van der Waals surface area contributed by atoms with E-state index < -0.39 is 5.97 Å². The summed E-state index contributed by atoms with van der Waals surface area (Å²) >= 11 is 0. The van der Waals surface area contributed by atoms with Crippen LogP contribution >= 0.6 is 0 Å². The molecule has 1 aliphatic carbocycles. The zero-order valence-electron chi connectivity index (χ0n) is 10.8. The van der Waals surface area contributed by atoms with Crippen LogP contribution in [0, 0.1) is 0 Å². The molecule has 0 saturated carbocycles. The minimum absolute atomic E-state index is 0.328. The van der Waals surface area contributed by atoms with Crippen molar-refractivity contribution < 1.29 is 14.6 Å². The highest BCUT2D eigenvalue weighted by Gasteiger charge is 2.41. The van der Waals surface area contributed by atoms with Crippen molar-refractivity contribution in [1.29, 1.82) is 0 Å². The van der Waals surface area contributed by atoms with Crippen LogP contribution in [-0.4, -0.2) is 17.2 Å². The summed E-state index contributed by atoms with van der Waals surface area (Å²) in [6.07, 6.45) is 5.87. The molecule has 1 saturated heterocycles. The molecule has 2 atom stereocenters. The van der Waals surface area contributed by atoms with E-state index in [1.54, 1.807) is 0 Å². The highest BCUT2D eigenvalue weighted by Crippen LogP contribution is 2.46. The van der Waals surface area contributed by atoms with Gasteiger partial charge in [0.25, 0.3) is 0 Å². The third-order valence-electron chi connectivity index (χ3n) is 3.46. The Labute approximate surface area is 116 Å². The van der Waals surface area contributed by atoms with Crippen LogP contribution in [0.1, 0.15) is 17.2 Å². The molecular weight excluding hydrogens is 252 g/mol. The second-order valence-electron chi connectivity index (χ2n) is 4.71. The van der Waals surface area contributed by atoms with Gasteiger partial charge in [-0.1, -0.05) is 55.1 Å². The van der Waals surface area contributed by atoms with E-state index in [4.69, 9.17) is 9.84 Å². The number of carbonyl (C=O) groups is 1. The van der Waals surface area contributed by atoms with Crippen LogP contribution in [0.25, 0.3) is 16.8 Å². The van der Waals surface area contributed by atoms with Crippen molar-refractivity contribution in [2.75, 3.05) is 0 Å². The average Bonchev–Trinajstić information content (AvgIpc) is 3.27. The van der Waals surface area contributed by atoms with Crippen molar-refractivity contribution in [3.8, 4) is 0 Å². The number of aliphatic carboxylic acids is 1. The first-order valence-electron chi connectivity index (χ1n) is 6.41. The van der Waals surface area contributed by atoms with Gasteiger partial charge in [-0.25, -0.2) is 4.79 Å². The summed E-state index contributed by atoms with van der Waals surface area (Å²) in [6.45, 7) is 2.96. The van der Waals surface area contributed by atoms with Gasteiger partial charge >= 0.3 is 5.97 Å². The summed E-state index contributed by atoms with van der Waals surface area (Å²) in [5.41, 5.74) is 2.69. The lowest BCUT2D eigenvalue weighted by molar-refractivity contribution is -0.131. The normalized spacial score (nSPS) is 21.2. The Morgan fingerprint density at radius 3 is 2.75 bits per heavy atom. The molecule has 100 valence electrons. The maximum atomic E-state index is 9.25. The molecule has 2 aromatic rings. The Bertz CT molecular complexity index is 715. The van der Waals surface area contributed by atoms with Gasteiger partial charge in [-0.2, -0.15) is 0 Å². The van der Waals surface area contributed by atoms with E-state index in [0.29, 0.717) is 12.2 Å². The van der Waals surface area contributed by atoms with Crippen LogP contribution < -0.4 is 0 Å². The number of hydrogen-bond acceptors (Lipinski definition) is 2. The number of hydrogen-bond donors (Lipinski definition) is 1. The predicted octanol–water partition coefficient (Wildman–Crippen LogP) is 3.56. The Balaban J connectivity index is 0.000000213. The number of fused-ring (bicyclic) bond motifs is 5. The zero-order valence-corrected chi connectivity index (χ0v) is 10.8. The Morgan fingerprint density at radius 1 is 1.25 bits per heavy atom. The minimum Gasteiger partial charge on any atom is -0.478 e. The molecule has 0 spiro atoms. The van der Waals surface area contributed by atoms with E-state index in [1.165, 1.54) is 21.9 Å². The van der Waals surface area contributed by atoms with Crippen LogP contribution in [0.2, 0.25) is 0 Å². The monoisotopic (exact) mass is 266 g/mol.